The maximum absolute atomic E-state index is 12.8. The number of Topliss-reactive ketones (excluding diaryl/α,β-unsaturated/α-hetero) is 1. The number of thioether (sulfide) groups is 1. The van der Waals surface area contributed by atoms with E-state index in [1.54, 1.807) is 6.26 Å². The zero-order chi connectivity index (χ0) is 18.0. The maximum atomic E-state index is 12.8. The summed E-state index contributed by atoms with van der Waals surface area (Å²) in [5.74, 6) is -2.21. The Hall–Kier alpha value is -2.68. The van der Waals surface area contributed by atoms with Crippen molar-refractivity contribution >= 4 is 35.1 Å². The first-order chi connectivity index (χ1) is 11.3. The summed E-state index contributed by atoms with van der Waals surface area (Å²) in [7, 11) is 1.50. The van der Waals surface area contributed by atoms with Gasteiger partial charge in [-0.25, -0.2) is 0 Å². The molecule has 1 N–H and O–H groups in total. The summed E-state index contributed by atoms with van der Waals surface area (Å²) in [5, 5.41) is 19.1. The summed E-state index contributed by atoms with van der Waals surface area (Å²) in [6.45, 7) is 0. The molecule has 1 aliphatic heterocycles. The number of carbonyl (C=O) groups excluding carboxylic acids is 2. The monoisotopic (exact) mass is 350 g/mol. The number of benzene rings is 1. The lowest BCUT2D eigenvalue weighted by atomic mass is 9.98. The minimum absolute atomic E-state index is 0.0484. The number of nitrogens with zero attached hydrogens (tertiary/aromatic N) is 2. The molecule has 0 spiro atoms. The lowest BCUT2D eigenvalue weighted by Crippen LogP contribution is -2.30. The summed E-state index contributed by atoms with van der Waals surface area (Å²) >= 11 is 1.24. The molecule has 8 nitrogen and oxygen atoms in total. The number of hydrogen-bond donors (Lipinski definition) is 1. The van der Waals surface area contributed by atoms with Crippen LogP contribution in [0.25, 0.3) is 0 Å². The van der Waals surface area contributed by atoms with Gasteiger partial charge in [0.1, 0.15) is 5.37 Å². The molecule has 0 aromatic heterocycles. The van der Waals surface area contributed by atoms with Crippen LogP contribution in [0.2, 0.25) is 0 Å². The molecule has 1 heterocycles. The molecule has 1 aromatic carbocycles. The second-order valence-electron chi connectivity index (χ2n) is 5.10. The van der Waals surface area contributed by atoms with Gasteiger partial charge in [-0.2, -0.15) is 0 Å². The van der Waals surface area contributed by atoms with Crippen molar-refractivity contribution in [3.8, 4) is 0 Å². The Morgan fingerprint density at radius 1 is 1.33 bits per heavy atom. The fraction of sp³-hybridized carbons (Fsp3) is 0.267. The third-order valence-electron chi connectivity index (χ3n) is 3.64. The Balaban J connectivity index is 2.48. The van der Waals surface area contributed by atoms with E-state index < -0.39 is 34.4 Å². The smallest absolute Gasteiger partial charge is 0.308 e. The molecular weight excluding hydrogens is 336 g/mol. The predicted molar refractivity (Wildman–Crippen MR) is 86.8 cm³/mol. The summed E-state index contributed by atoms with van der Waals surface area (Å²) in [4.78, 5) is 47.5. The van der Waals surface area contributed by atoms with Crippen LogP contribution in [0.1, 0.15) is 16.8 Å². The van der Waals surface area contributed by atoms with Crippen LogP contribution in [-0.2, 0) is 9.59 Å². The number of rotatable bonds is 6. The molecule has 0 saturated carbocycles. The van der Waals surface area contributed by atoms with Crippen LogP contribution in [-0.4, -0.2) is 51.3 Å². The molecule has 2 rings (SSSR count). The van der Waals surface area contributed by atoms with E-state index in [0.29, 0.717) is 0 Å². The highest BCUT2D eigenvalue weighted by Crippen LogP contribution is 2.35. The molecule has 1 amide bonds. The molecule has 1 aliphatic rings. The quantitative estimate of drug-likeness (QED) is 0.471. The normalized spacial score (nSPS) is 17.3. The molecule has 0 bridgehead atoms. The predicted octanol–water partition coefficient (Wildman–Crippen LogP) is 1.71. The van der Waals surface area contributed by atoms with Gasteiger partial charge < -0.3 is 10.0 Å². The molecule has 0 aliphatic carbocycles. The summed E-state index contributed by atoms with van der Waals surface area (Å²) in [6.07, 6.45) is 1.16. The van der Waals surface area contributed by atoms with E-state index in [0.717, 1.165) is 0 Å². The highest BCUT2D eigenvalue weighted by Gasteiger charge is 2.40. The zero-order valence-corrected chi connectivity index (χ0v) is 13.7. The van der Waals surface area contributed by atoms with Gasteiger partial charge in [0.05, 0.1) is 11.3 Å². The first-order valence-corrected chi connectivity index (χ1v) is 8.10. The molecule has 1 aromatic rings. The number of non-ortho nitro benzene ring substituents is 1. The first kappa shape index (κ1) is 17.7. The van der Waals surface area contributed by atoms with Crippen molar-refractivity contribution < 1.29 is 24.4 Å². The van der Waals surface area contributed by atoms with Gasteiger partial charge in [0.2, 0.25) is 0 Å². The Kier molecular flexibility index (Phi) is 5.03. The molecule has 0 saturated heterocycles. The van der Waals surface area contributed by atoms with E-state index in [-0.39, 0.29) is 22.4 Å². The largest absolute Gasteiger partial charge is 0.481 e. The Morgan fingerprint density at radius 2 is 1.92 bits per heavy atom. The van der Waals surface area contributed by atoms with Crippen molar-refractivity contribution in [3.63, 3.8) is 0 Å². The highest BCUT2D eigenvalue weighted by atomic mass is 32.2. The number of hydrogen-bond acceptors (Lipinski definition) is 6. The van der Waals surface area contributed by atoms with Gasteiger partial charge in [0.25, 0.3) is 11.6 Å². The van der Waals surface area contributed by atoms with Gasteiger partial charge in [-0.1, -0.05) is 0 Å². The van der Waals surface area contributed by atoms with Crippen LogP contribution in [0.3, 0.4) is 0 Å². The van der Waals surface area contributed by atoms with Crippen LogP contribution in [0.15, 0.2) is 35.4 Å². The number of amides is 1. The van der Waals surface area contributed by atoms with Crippen LogP contribution in [0.5, 0.6) is 0 Å². The number of nitro groups is 1. The van der Waals surface area contributed by atoms with Crippen LogP contribution in [0.4, 0.5) is 5.69 Å². The highest BCUT2D eigenvalue weighted by molar-refractivity contribution is 7.99. The third kappa shape index (κ3) is 3.16. The second kappa shape index (κ2) is 6.83. The molecule has 24 heavy (non-hydrogen) atoms. The van der Waals surface area contributed by atoms with Gasteiger partial charge in [0.15, 0.2) is 5.78 Å². The van der Waals surface area contributed by atoms with E-state index in [4.69, 9.17) is 5.11 Å². The first-order valence-electron chi connectivity index (χ1n) is 6.81. The molecular formula is C15H14N2O6S. The number of aliphatic carboxylic acids is 1. The average molecular weight is 350 g/mol. The van der Waals surface area contributed by atoms with Crippen LogP contribution >= 0.6 is 11.8 Å². The lowest BCUT2D eigenvalue weighted by molar-refractivity contribution is -0.384. The number of likely N-dealkylation sites (N-methyl/N-ethyl adjacent to an activating group) is 1. The van der Waals surface area contributed by atoms with Gasteiger partial charge >= 0.3 is 5.97 Å². The van der Waals surface area contributed by atoms with Crippen molar-refractivity contribution in [2.24, 2.45) is 0 Å². The number of ketones is 1. The third-order valence-corrected chi connectivity index (χ3v) is 4.64. The molecule has 9 heteroatoms. The van der Waals surface area contributed by atoms with Crippen molar-refractivity contribution in [1.82, 2.24) is 4.90 Å². The minimum Gasteiger partial charge on any atom is -0.481 e. The fourth-order valence-corrected chi connectivity index (χ4v) is 3.41. The molecule has 126 valence electrons. The fourth-order valence-electron chi connectivity index (χ4n) is 2.51. The van der Waals surface area contributed by atoms with Gasteiger partial charge in [-0.3, -0.25) is 24.5 Å². The Morgan fingerprint density at radius 3 is 2.38 bits per heavy atom. The van der Waals surface area contributed by atoms with Gasteiger partial charge in [-0.05, 0) is 18.4 Å². The minimum atomic E-state index is -1.21. The lowest BCUT2D eigenvalue weighted by Gasteiger charge is -2.20. The summed E-state index contributed by atoms with van der Waals surface area (Å²) in [5.41, 5.74) is 0.0758. The molecule has 1 atom stereocenters. The Labute approximate surface area is 141 Å². The molecule has 1 unspecified atom stereocenters. The molecule has 0 fully saturated rings. The van der Waals surface area contributed by atoms with E-state index in [1.165, 1.54) is 48.0 Å². The van der Waals surface area contributed by atoms with Crippen molar-refractivity contribution in [1.29, 1.82) is 0 Å². The van der Waals surface area contributed by atoms with E-state index in [1.807, 2.05) is 0 Å². The molecule has 0 radical (unpaired) electrons. The number of carbonyl (C=O) groups is 3. The van der Waals surface area contributed by atoms with E-state index in [9.17, 15) is 24.5 Å². The number of carboxylic acid groups (broad SMARTS) is 1. The van der Waals surface area contributed by atoms with Crippen LogP contribution < -0.4 is 0 Å². The van der Waals surface area contributed by atoms with Crippen molar-refractivity contribution in [3.05, 3.63) is 51.1 Å². The Bertz CT molecular complexity index is 756. The summed E-state index contributed by atoms with van der Waals surface area (Å²) < 4.78 is 0. The number of carboxylic acids is 1. The van der Waals surface area contributed by atoms with E-state index in [2.05, 4.69) is 0 Å². The topological polar surface area (TPSA) is 118 Å². The van der Waals surface area contributed by atoms with Gasteiger partial charge in [-0.15, -0.1) is 11.8 Å². The average Bonchev–Trinajstić information content (AvgIpc) is 2.78. The SMILES string of the molecule is CSC1C(C(=O)c2ccc([N+](=O)[O-])cc2)=C(CC(=O)O)C(=O)N1C. The number of nitro benzene ring substituents is 1. The van der Waals surface area contributed by atoms with Crippen LogP contribution in [0, 0.1) is 10.1 Å². The van der Waals surface area contributed by atoms with E-state index >= 15 is 0 Å². The zero-order valence-electron chi connectivity index (χ0n) is 12.9. The maximum Gasteiger partial charge on any atom is 0.308 e. The standard InChI is InChI=1S/C15H14N2O6S/c1-16-14(21)10(7-11(18)19)12(15(16)24-2)13(20)8-3-5-9(6-4-8)17(22)23/h3-6,15H,7H2,1-2H3,(H,18,19). The second-order valence-corrected chi connectivity index (χ2v) is 6.02. The van der Waals surface area contributed by atoms with Crippen molar-refractivity contribution in [2.75, 3.05) is 13.3 Å². The van der Waals surface area contributed by atoms with Crippen molar-refractivity contribution in [2.45, 2.75) is 11.8 Å². The van der Waals surface area contributed by atoms with Gasteiger partial charge in [0, 0.05) is 35.9 Å². The summed E-state index contributed by atoms with van der Waals surface area (Å²) in [6, 6.07) is 4.98.